The normalized spacial score (nSPS) is 10.8. The Morgan fingerprint density at radius 1 is 1.00 bits per heavy atom. The molecule has 0 saturated heterocycles. The number of hydrogen-bond donors (Lipinski definition) is 1. The number of halogens is 1. The zero-order valence-corrected chi connectivity index (χ0v) is 13.0. The molecule has 0 atom stereocenters. The molecule has 114 valence electrons. The van der Waals surface area contributed by atoms with Crippen molar-refractivity contribution in [2.45, 2.75) is 46.0 Å². The van der Waals surface area contributed by atoms with Crippen molar-refractivity contribution in [3.63, 3.8) is 0 Å². The van der Waals surface area contributed by atoms with Crippen LogP contribution < -0.4 is 10.2 Å². The Balaban J connectivity index is 2.18. The van der Waals surface area contributed by atoms with Gasteiger partial charge in [0.25, 0.3) is 0 Å². The van der Waals surface area contributed by atoms with E-state index >= 15 is 0 Å². The van der Waals surface area contributed by atoms with Crippen LogP contribution in [0.2, 0.25) is 0 Å². The van der Waals surface area contributed by atoms with Crippen molar-refractivity contribution in [2.75, 3.05) is 31.1 Å². The van der Waals surface area contributed by atoms with Crippen molar-refractivity contribution in [1.29, 1.82) is 0 Å². The maximum atomic E-state index is 13.7. The van der Waals surface area contributed by atoms with Gasteiger partial charge in [0, 0.05) is 13.1 Å². The van der Waals surface area contributed by atoms with E-state index in [1.54, 1.807) is 6.07 Å². The second-order valence-corrected chi connectivity index (χ2v) is 5.20. The van der Waals surface area contributed by atoms with Crippen molar-refractivity contribution in [3.8, 4) is 0 Å². The lowest BCUT2D eigenvalue weighted by atomic mass is 10.1. The Bertz CT molecular complexity index is 355. The minimum absolute atomic E-state index is 0.113. The first kappa shape index (κ1) is 17.0. The van der Waals surface area contributed by atoms with E-state index in [1.165, 1.54) is 31.7 Å². The van der Waals surface area contributed by atoms with Gasteiger partial charge in [0.1, 0.15) is 5.82 Å². The number of nitrogens with one attached hydrogen (secondary N) is 1. The van der Waals surface area contributed by atoms with Gasteiger partial charge in [0.2, 0.25) is 0 Å². The summed E-state index contributed by atoms with van der Waals surface area (Å²) in [6.07, 6.45) is 6.06. The average Bonchev–Trinajstić information content (AvgIpc) is 2.47. The molecule has 0 bridgehead atoms. The molecule has 3 heteroatoms. The van der Waals surface area contributed by atoms with Gasteiger partial charge in [-0.05, 0) is 51.4 Å². The smallest absolute Gasteiger partial charge is 0.146 e. The zero-order chi connectivity index (χ0) is 14.6. The van der Waals surface area contributed by atoms with Gasteiger partial charge in [0.15, 0.2) is 0 Å². The third-order valence-electron chi connectivity index (χ3n) is 3.53. The van der Waals surface area contributed by atoms with E-state index in [9.17, 15) is 4.39 Å². The van der Waals surface area contributed by atoms with E-state index in [1.807, 2.05) is 12.1 Å². The maximum Gasteiger partial charge on any atom is 0.146 e. The molecule has 0 amide bonds. The Hall–Kier alpha value is -1.09. The van der Waals surface area contributed by atoms with Crippen LogP contribution in [0.4, 0.5) is 10.1 Å². The van der Waals surface area contributed by atoms with E-state index in [4.69, 9.17) is 0 Å². The molecule has 0 saturated carbocycles. The number of anilines is 1. The van der Waals surface area contributed by atoms with Crippen molar-refractivity contribution >= 4 is 5.69 Å². The van der Waals surface area contributed by atoms with Crippen LogP contribution >= 0.6 is 0 Å². The molecule has 0 radical (unpaired) electrons. The molecule has 0 unspecified atom stereocenters. The lowest BCUT2D eigenvalue weighted by Crippen LogP contribution is -2.24. The predicted octanol–water partition coefficient (Wildman–Crippen LogP) is 4.21. The lowest BCUT2D eigenvalue weighted by Gasteiger charge is -2.23. The third-order valence-corrected chi connectivity index (χ3v) is 3.53. The monoisotopic (exact) mass is 280 g/mol. The number of hydrogen-bond acceptors (Lipinski definition) is 2. The van der Waals surface area contributed by atoms with Crippen LogP contribution in [0.1, 0.15) is 46.0 Å². The summed E-state index contributed by atoms with van der Waals surface area (Å²) in [4.78, 5) is 2.13. The number of rotatable bonds is 11. The molecule has 1 rings (SSSR count). The van der Waals surface area contributed by atoms with Gasteiger partial charge < -0.3 is 10.2 Å². The molecule has 0 fully saturated rings. The lowest BCUT2D eigenvalue weighted by molar-refractivity contribution is 0.575. The van der Waals surface area contributed by atoms with Crippen LogP contribution in [0.5, 0.6) is 0 Å². The van der Waals surface area contributed by atoms with Crippen molar-refractivity contribution < 1.29 is 4.39 Å². The van der Waals surface area contributed by atoms with E-state index in [0.717, 1.165) is 38.3 Å². The molecule has 0 aliphatic rings. The fraction of sp³-hybridized carbons (Fsp3) is 0.647. The summed E-state index contributed by atoms with van der Waals surface area (Å²) in [7, 11) is 0. The molecule has 20 heavy (non-hydrogen) atoms. The molecule has 0 heterocycles. The van der Waals surface area contributed by atoms with E-state index in [0.29, 0.717) is 0 Å². The maximum absolute atomic E-state index is 13.7. The minimum atomic E-state index is -0.113. The first-order chi connectivity index (χ1) is 9.79. The quantitative estimate of drug-likeness (QED) is 0.611. The third kappa shape index (κ3) is 6.38. The predicted molar refractivity (Wildman–Crippen MR) is 85.9 cm³/mol. The summed E-state index contributed by atoms with van der Waals surface area (Å²) in [5.74, 6) is -0.113. The average molecular weight is 280 g/mol. The Morgan fingerprint density at radius 2 is 1.75 bits per heavy atom. The summed E-state index contributed by atoms with van der Waals surface area (Å²) in [6, 6.07) is 7.06. The summed E-state index contributed by atoms with van der Waals surface area (Å²) < 4.78 is 13.7. The second-order valence-electron chi connectivity index (χ2n) is 5.20. The summed E-state index contributed by atoms with van der Waals surface area (Å²) in [5.41, 5.74) is 0.736. The summed E-state index contributed by atoms with van der Waals surface area (Å²) in [5, 5.41) is 3.42. The summed E-state index contributed by atoms with van der Waals surface area (Å²) in [6.45, 7) is 8.32. The van der Waals surface area contributed by atoms with Crippen LogP contribution in [0.25, 0.3) is 0 Å². The molecule has 0 aliphatic heterocycles. The Kier molecular flexibility index (Phi) is 9.05. The molecule has 1 N–H and O–H groups in total. The molecular weight excluding hydrogens is 251 g/mol. The number of unbranched alkanes of at least 4 members (excludes halogenated alkanes) is 3. The van der Waals surface area contributed by atoms with Gasteiger partial charge in [-0.15, -0.1) is 0 Å². The Labute approximate surface area is 123 Å². The van der Waals surface area contributed by atoms with Crippen LogP contribution in [-0.2, 0) is 0 Å². The van der Waals surface area contributed by atoms with Crippen LogP contribution in [0.3, 0.4) is 0 Å². The van der Waals surface area contributed by atoms with E-state index in [-0.39, 0.29) is 5.82 Å². The van der Waals surface area contributed by atoms with Gasteiger partial charge >= 0.3 is 0 Å². The zero-order valence-electron chi connectivity index (χ0n) is 13.0. The molecule has 0 spiro atoms. The molecule has 2 nitrogen and oxygen atoms in total. The molecule has 1 aromatic carbocycles. The highest BCUT2D eigenvalue weighted by Gasteiger charge is 2.08. The van der Waals surface area contributed by atoms with Gasteiger partial charge in [-0.2, -0.15) is 0 Å². The van der Waals surface area contributed by atoms with E-state index in [2.05, 4.69) is 24.1 Å². The van der Waals surface area contributed by atoms with Gasteiger partial charge in [0.05, 0.1) is 5.69 Å². The molecule has 1 aromatic rings. The van der Waals surface area contributed by atoms with Gasteiger partial charge in [-0.1, -0.05) is 31.9 Å². The summed E-state index contributed by atoms with van der Waals surface area (Å²) >= 11 is 0. The largest absolute Gasteiger partial charge is 0.369 e. The second kappa shape index (κ2) is 10.7. The highest BCUT2D eigenvalue weighted by molar-refractivity contribution is 5.47. The number of para-hydroxylation sites is 1. The van der Waals surface area contributed by atoms with Gasteiger partial charge in [-0.25, -0.2) is 4.39 Å². The highest BCUT2D eigenvalue weighted by Crippen LogP contribution is 2.19. The number of benzene rings is 1. The van der Waals surface area contributed by atoms with Crippen molar-refractivity contribution in [1.82, 2.24) is 5.32 Å². The van der Waals surface area contributed by atoms with E-state index < -0.39 is 0 Å². The number of nitrogens with zero attached hydrogens (tertiary/aromatic N) is 1. The molecular formula is C17H29FN2. The first-order valence-electron chi connectivity index (χ1n) is 7.99. The first-order valence-corrected chi connectivity index (χ1v) is 7.99. The van der Waals surface area contributed by atoms with Crippen molar-refractivity contribution in [2.24, 2.45) is 0 Å². The fourth-order valence-corrected chi connectivity index (χ4v) is 2.37. The standard InChI is InChI=1S/C17H29FN2/c1-3-13-19-14-9-5-6-10-15-20(4-2)17-12-8-7-11-16(17)18/h7-8,11-12,19H,3-6,9-10,13-15H2,1-2H3. The Morgan fingerprint density at radius 3 is 2.45 bits per heavy atom. The fourth-order valence-electron chi connectivity index (χ4n) is 2.37. The topological polar surface area (TPSA) is 15.3 Å². The van der Waals surface area contributed by atoms with Gasteiger partial charge in [-0.3, -0.25) is 0 Å². The van der Waals surface area contributed by atoms with Crippen LogP contribution in [-0.4, -0.2) is 26.2 Å². The molecule has 0 aromatic heterocycles. The van der Waals surface area contributed by atoms with Crippen molar-refractivity contribution in [3.05, 3.63) is 30.1 Å². The highest BCUT2D eigenvalue weighted by atomic mass is 19.1. The SMILES string of the molecule is CCCNCCCCCCN(CC)c1ccccc1F. The molecule has 0 aliphatic carbocycles. The van der Waals surface area contributed by atoms with Crippen LogP contribution in [0.15, 0.2) is 24.3 Å². The minimum Gasteiger partial charge on any atom is -0.369 e. The van der Waals surface area contributed by atoms with Crippen LogP contribution in [0, 0.1) is 5.82 Å².